The van der Waals surface area contributed by atoms with Gasteiger partial charge < -0.3 is 4.98 Å². The molecule has 0 radical (unpaired) electrons. The number of rotatable bonds is 4. The van der Waals surface area contributed by atoms with Crippen LogP contribution in [0, 0.1) is 18.3 Å². The molecule has 3 nitrogen and oxygen atoms in total. The van der Waals surface area contributed by atoms with Gasteiger partial charge in [0, 0.05) is 16.6 Å². The number of aromatic amines is 1. The Kier molecular flexibility index (Phi) is 4.31. The van der Waals surface area contributed by atoms with Crippen LogP contribution in [0.15, 0.2) is 54.1 Å². The minimum Gasteiger partial charge on any atom is -0.358 e. The third-order valence-electron chi connectivity index (χ3n) is 4.18. The van der Waals surface area contributed by atoms with Gasteiger partial charge in [0.1, 0.15) is 11.6 Å². The monoisotopic (exact) mass is 314 g/mol. The highest BCUT2D eigenvalue weighted by atomic mass is 16.1. The van der Waals surface area contributed by atoms with Gasteiger partial charge in [0.2, 0.25) is 5.78 Å². The third-order valence-corrected chi connectivity index (χ3v) is 4.18. The lowest BCUT2D eigenvalue weighted by Crippen LogP contribution is -2.03. The van der Waals surface area contributed by atoms with Crippen molar-refractivity contribution in [2.24, 2.45) is 0 Å². The van der Waals surface area contributed by atoms with E-state index >= 15 is 0 Å². The lowest BCUT2D eigenvalue weighted by atomic mass is 9.99. The molecule has 0 atom stereocenters. The first-order chi connectivity index (χ1) is 11.6. The summed E-state index contributed by atoms with van der Waals surface area (Å²) in [7, 11) is 0. The predicted molar refractivity (Wildman–Crippen MR) is 96.8 cm³/mol. The average Bonchev–Trinajstić information content (AvgIpc) is 2.95. The molecular formula is C21H18N2O. The second-order valence-electron chi connectivity index (χ2n) is 5.76. The molecule has 0 unspecified atom stereocenters. The second kappa shape index (κ2) is 6.55. The lowest BCUT2D eigenvalue weighted by Gasteiger charge is -2.02. The Labute approximate surface area is 141 Å². The second-order valence-corrected chi connectivity index (χ2v) is 5.76. The highest BCUT2D eigenvalue weighted by Gasteiger charge is 2.19. The van der Waals surface area contributed by atoms with E-state index in [9.17, 15) is 10.1 Å². The summed E-state index contributed by atoms with van der Waals surface area (Å²) in [6, 6.07) is 17.6. The number of allylic oxidation sites excluding steroid dienone is 1. The van der Waals surface area contributed by atoms with Crippen molar-refractivity contribution >= 4 is 22.8 Å². The number of ketones is 1. The fourth-order valence-electron chi connectivity index (χ4n) is 2.87. The summed E-state index contributed by atoms with van der Waals surface area (Å²) in [5.74, 6) is -0.244. The maximum Gasteiger partial charge on any atom is 0.205 e. The molecule has 0 aliphatic carbocycles. The van der Waals surface area contributed by atoms with Crippen molar-refractivity contribution in [1.82, 2.24) is 4.98 Å². The van der Waals surface area contributed by atoms with Gasteiger partial charge in [-0.25, -0.2) is 0 Å². The molecule has 118 valence electrons. The molecule has 24 heavy (non-hydrogen) atoms. The Morgan fingerprint density at radius 3 is 2.54 bits per heavy atom. The van der Waals surface area contributed by atoms with Crippen molar-refractivity contribution in [2.75, 3.05) is 0 Å². The van der Waals surface area contributed by atoms with E-state index in [1.807, 2.05) is 55.5 Å². The van der Waals surface area contributed by atoms with Crippen molar-refractivity contribution in [3.63, 3.8) is 0 Å². The maximum atomic E-state index is 12.9. The Bertz CT molecular complexity index is 969. The van der Waals surface area contributed by atoms with E-state index in [1.54, 1.807) is 6.08 Å². The quantitative estimate of drug-likeness (QED) is 0.426. The number of carbonyl (C=O) groups excluding carboxylic acids is 1. The van der Waals surface area contributed by atoms with Crippen molar-refractivity contribution in [1.29, 1.82) is 5.26 Å². The molecule has 0 aliphatic rings. The minimum absolute atomic E-state index is 0.145. The summed E-state index contributed by atoms with van der Waals surface area (Å²) >= 11 is 0. The third kappa shape index (κ3) is 2.87. The number of nitriles is 1. The summed E-state index contributed by atoms with van der Waals surface area (Å²) in [6.45, 7) is 3.95. The number of carbonyl (C=O) groups is 1. The number of nitrogens with zero attached hydrogens (tertiary/aromatic N) is 1. The van der Waals surface area contributed by atoms with Gasteiger partial charge in [-0.15, -0.1) is 0 Å². The summed E-state index contributed by atoms with van der Waals surface area (Å²) in [5, 5.41) is 10.3. The molecule has 3 aromatic rings. The Morgan fingerprint density at radius 2 is 1.88 bits per heavy atom. The van der Waals surface area contributed by atoms with Crippen LogP contribution in [-0.2, 0) is 6.42 Å². The molecule has 2 aromatic carbocycles. The number of nitrogens with one attached hydrogen (secondary N) is 1. The van der Waals surface area contributed by atoms with E-state index in [1.165, 1.54) is 5.56 Å². The van der Waals surface area contributed by atoms with Crippen molar-refractivity contribution in [2.45, 2.75) is 20.3 Å². The van der Waals surface area contributed by atoms with Gasteiger partial charge in [-0.3, -0.25) is 4.79 Å². The van der Waals surface area contributed by atoms with Crippen LogP contribution in [0.3, 0.4) is 0 Å². The number of aromatic nitrogens is 1. The number of hydrogen-bond acceptors (Lipinski definition) is 2. The summed E-state index contributed by atoms with van der Waals surface area (Å²) in [6.07, 6.45) is 2.62. The Balaban J connectivity index is 2.03. The number of para-hydroxylation sites is 1. The largest absolute Gasteiger partial charge is 0.358 e. The molecule has 0 saturated heterocycles. The van der Waals surface area contributed by atoms with Crippen LogP contribution >= 0.6 is 0 Å². The first kappa shape index (κ1) is 15.8. The molecule has 1 heterocycles. The van der Waals surface area contributed by atoms with E-state index in [0.717, 1.165) is 28.6 Å². The molecule has 0 spiro atoms. The van der Waals surface area contributed by atoms with Crippen LogP contribution in [-0.4, -0.2) is 10.8 Å². The number of H-pyrrole nitrogens is 1. The fourth-order valence-corrected chi connectivity index (χ4v) is 2.87. The van der Waals surface area contributed by atoms with Crippen LogP contribution < -0.4 is 0 Å². The zero-order valence-electron chi connectivity index (χ0n) is 13.8. The molecule has 0 aliphatic heterocycles. The molecule has 1 N–H and O–H groups in total. The van der Waals surface area contributed by atoms with Gasteiger partial charge in [-0.2, -0.15) is 5.26 Å². The molecule has 0 saturated carbocycles. The van der Waals surface area contributed by atoms with Gasteiger partial charge in [-0.1, -0.05) is 49.4 Å². The SMILES string of the molecule is CCc1ccc(/C=C(\C#N)C(=O)c2c(C)[nH]c3ccccc23)cc1. The average molecular weight is 314 g/mol. The number of aryl methyl sites for hydroxylation is 2. The van der Waals surface area contributed by atoms with Crippen molar-refractivity contribution < 1.29 is 4.79 Å². The van der Waals surface area contributed by atoms with Gasteiger partial charge in [0.25, 0.3) is 0 Å². The summed E-state index contributed by atoms with van der Waals surface area (Å²) in [5.41, 5.74) is 4.49. The van der Waals surface area contributed by atoms with Crippen molar-refractivity contribution in [3.05, 3.63) is 76.5 Å². The van der Waals surface area contributed by atoms with Crippen LogP contribution in [0.1, 0.15) is 34.1 Å². The predicted octanol–water partition coefficient (Wildman–Crippen LogP) is 4.83. The van der Waals surface area contributed by atoms with E-state index in [4.69, 9.17) is 0 Å². The van der Waals surface area contributed by atoms with Crippen molar-refractivity contribution in [3.8, 4) is 6.07 Å². The minimum atomic E-state index is -0.244. The molecular weight excluding hydrogens is 296 g/mol. The van der Waals surface area contributed by atoms with Gasteiger partial charge in [0.15, 0.2) is 0 Å². The number of fused-ring (bicyclic) bond motifs is 1. The van der Waals surface area contributed by atoms with Gasteiger partial charge >= 0.3 is 0 Å². The maximum absolute atomic E-state index is 12.9. The lowest BCUT2D eigenvalue weighted by molar-refractivity contribution is 0.104. The van der Waals surface area contributed by atoms with E-state index in [-0.39, 0.29) is 11.4 Å². The molecule has 0 bridgehead atoms. The Hall–Kier alpha value is -3.12. The van der Waals surface area contributed by atoms with Crippen LogP contribution in [0.2, 0.25) is 0 Å². The van der Waals surface area contributed by atoms with Crippen LogP contribution in [0.5, 0.6) is 0 Å². The Morgan fingerprint density at radius 1 is 1.17 bits per heavy atom. The van der Waals surface area contributed by atoms with Crippen LogP contribution in [0.25, 0.3) is 17.0 Å². The summed E-state index contributed by atoms with van der Waals surface area (Å²) < 4.78 is 0. The van der Waals surface area contributed by atoms with E-state index in [0.29, 0.717) is 5.56 Å². The highest BCUT2D eigenvalue weighted by Crippen LogP contribution is 2.25. The molecule has 1 aromatic heterocycles. The number of Topliss-reactive ketones (excluding diaryl/α,β-unsaturated/α-hetero) is 1. The van der Waals surface area contributed by atoms with Crippen LogP contribution in [0.4, 0.5) is 0 Å². The van der Waals surface area contributed by atoms with Gasteiger partial charge in [-0.05, 0) is 36.6 Å². The zero-order valence-corrected chi connectivity index (χ0v) is 13.8. The molecule has 0 amide bonds. The van der Waals surface area contributed by atoms with Gasteiger partial charge in [0.05, 0.1) is 5.56 Å². The first-order valence-electron chi connectivity index (χ1n) is 7.96. The first-order valence-corrected chi connectivity index (χ1v) is 7.96. The topological polar surface area (TPSA) is 56.6 Å². The van der Waals surface area contributed by atoms with E-state index < -0.39 is 0 Å². The standard InChI is InChI=1S/C21H18N2O/c1-3-15-8-10-16(11-9-15)12-17(13-22)21(24)20-14(2)23-19-7-5-4-6-18(19)20/h4-12,23H,3H2,1-2H3/b17-12+. The zero-order chi connectivity index (χ0) is 17.1. The normalized spacial score (nSPS) is 11.5. The molecule has 0 fully saturated rings. The number of hydrogen-bond donors (Lipinski definition) is 1. The molecule has 3 heteroatoms. The number of benzene rings is 2. The highest BCUT2D eigenvalue weighted by molar-refractivity contribution is 6.20. The fraction of sp³-hybridized carbons (Fsp3) is 0.143. The smallest absolute Gasteiger partial charge is 0.205 e. The van der Waals surface area contributed by atoms with E-state index in [2.05, 4.69) is 18.0 Å². The molecule has 3 rings (SSSR count). The summed E-state index contributed by atoms with van der Waals surface area (Å²) in [4.78, 5) is 16.1.